The molecule has 9 aromatic rings. The Morgan fingerprint density at radius 1 is 0.500 bits per heavy atom. The van der Waals surface area contributed by atoms with Crippen molar-refractivity contribution in [3.8, 4) is 67.5 Å². The molecule has 0 atom stereocenters. The lowest BCUT2D eigenvalue weighted by Gasteiger charge is -2.13. The summed E-state index contributed by atoms with van der Waals surface area (Å²) in [7, 11) is 0. The number of phenolic OH excluding ortho intramolecular Hbond substituents is 1. The first-order valence-electron chi connectivity index (χ1n) is 17.1. The third-order valence-corrected chi connectivity index (χ3v) is 9.55. The number of nitrogens with zero attached hydrogens (tertiary/aromatic N) is 4. The maximum atomic E-state index is 10.9. The summed E-state index contributed by atoms with van der Waals surface area (Å²) < 4.78 is 2.36. The standard InChI is InChI=1S/C47H30N4O/c1-48-36-22-23-41(46(52)30-36)44-29-35(31-12-4-2-5-13-31)28-43(50-44)34-15-10-14-33(26-34)42-27-32(24-25-49-42)38-19-11-20-40-39-18-8-9-21-45(39)51(47(38)40)37-16-6-3-7-17-37/h2-30,52H. The van der Waals surface area contributed by atoms with E-state index >= 15 is 0 Å². The second-order valence-electron chi connectivity index (χ2n) is 12.7. The minimum absolute atomic E-state index is 0.0215. The van der Waals surface area contributed by atoms with Crippen molar-refractivity contribution < 1.29 is 5.11 Å². The van der Waals surface area contributed by atoms with Crippen LogP contribution in [0.3, 0.4) is 0 Å². The van der Waals surface area contributed by atoms with E-state index in [-0.39, 0.29) is 5.75 Å². The molecule has 0 bridgehead atoms. The first-order valence-corrected chi connectivity index (χ1v) is 17.1. The van der Waals surface area contributed by atoms with Gasteiger partial charge in [-0.2, -0.15) is 0 Å². The number of rotatable bonds is 6. The minimum Gasteiger partial charge on any atom is -0.509 e. The fourth-order valence-electron chi connectivity index (χ4n) is 7.11. The highest BCUT2D eigenvalue weighted by molar-refractivity contribution is 6.13. The van der Waals surface area contributed by atoms with Crippen molar-refractivity contribution in [1.82, 2.24) is 14.5 Å². The van der Waals surface area contributed by atoms with Crippen molar-refractivity contribution in [3.05, 3.63) is 187 Å². The summed E-state index contributed by atoms with van der Waals surface area (Å²) in [5.41, 5.74) is 12.7. The van der Waals surface area contributed by atoms with Gasteiger partial charge >= 0.3 is 0 Å². The lowest BCUT2D eigenvalue weighted by atomic mass is 9.97. The molecule has 3 heterocycles. The van der Waals surface area contributed by atoms with Gasteiger partial charge in [-0.15, -0.1) is 0 Å². The Labute approximate surface area is 301 Å². The minimum atomic E-state index is 0.0215. The lowest BCUT2D eigenvalue weighted by molar-refractivity contribution is 0.477. The molecule has 0 unspecified atom stereocenters. The summed E-state index contributed by atoms with van der Waals surface area (Å²) in [5.74, 6) is 0.0215. The van der Waals surface area contributed by atoms with E-state index < -0.39 is 0 Å². The molecule has 5 nitrogen and oxygen atoms in total. The van der Waals surface area contributed by atoms with Crippen LogP contribution in [0.5, 0.6) is 5.75 Å². The molecule has 0 radical (unpaired) electrons. The zero-order chi connectivity index (χ0) is 35.0. The van der Waals surface area contributed by atoms with Gasteiger partial charge in [0.1, 0.15) is 5.75 Å². The normalized spacial score (nSPS) is 11.1. The number of benzene rings is 6. The van der Waals surface area contributed by atoms with Gasteiger partial charge in [-0.3, -0.25) is 4.98 Å². The average molecular weight is 667 g/mol. The van der Waals surface area contributed by atoms with Gasteiger partial charge in [0.25, 0.3) is 0 Å². The van der Waals surface area contributed by atoms with Crippen LogP contribution in [0.15, 0.2) is 176 Å². The topological polar surface area (TPSA) is 55.3 Å². The van der Waals surface area contributed by atoms with Crippen LogP contribution in [0.4, 0.5) is 5.69 Å². The number of aromatic hydroxyl groups is 1. The van der Waals surface area contributed by atoms with Crippen LogP contribution >= 0.6 is 0 Å². The molecular weight excluding hydrogens is 637 g/mol. The number of hydrogen-bond acceptors (Lipinski definition) is 3. The Morgan fingerprint density at radius 2 is 1.17 bits per heavy atom. The summed E-state index contributed by atoms with van der Waals surface area (Å²) in [5, 5.41) is 13.3. The summed E-state index contributed by atoms with van der Waals surface area (Å²) in [4.78, 5) is 13.4. The monoisotopic (exact) mass is 666 g/mol. The number of phenols is 1. The summed E-state index contributed by atoms with van der Waals surface area (Å²) in [6.07, 6.45) is 1.88. The van der Waals surface area contributed by atoms with Crippen LogP contribution in [0.25, 0.3) is 88.4 Å². The van der Waals surface area contributed by atoms with Crippen LogP contribution in [0.1, 0.15) is 0 Å². The van der Waals surface area contributed by atoms with Crippen molar-refractivity contribution in [3.63, 3.8) is 0 Å². The Kier molecular flexibility index (Phi) is 7.61. The van der Waals surface area contributed by atoms with Gasteiger partial charge in [-0.1, -0.05) is 115 Å². The van der Waals surface area contributed by atoms with Gasteiger partial charge in [-0.05, 0) is 71.3 Å². The number of para-hydroxylation sites is 3. The van der Waals surface area contributed by atoms with Crippen molar-refractivity contribution in [1.29, 1.82) is 0 Å². The molecule has 0 fully saturated rings. The van der Waals surface area contributed by atoms with Crippen LogP contribution < -0.4 is 0 Å². The van der Waals surface area contributed by atoms with Crippen molar-refractivity contribution >= 4 is 27.5 Å². The van der Waals surface area contributed by atoms with Crippen LogP contribution in [0.2, 0.25) is 0 Å². The molecule has 5 heteroatoms. The Morgan fingerprint density at radius 3 is 1.98 bits per heavy atom. The SMILES string of the molecule is [C-]#[N+]c1ccc(-c2cc(-c3ccccc3)cc(-c3cccc(-c4cc(-c5cccc6c7ccccc7n(-c7ccccc7)c56)ccn4)c3)n2)c(O)c1. The number of aromatic nitrogens is 3. The van der Waals surface area contributed by atoms with E-state index in [1.54, 1.807) is 12.1 Å². The summed E-state index contributed by atoms with van der Waals surface area (Å²) in [6.45, 7) is 7.36. The van der Waals surface area contributed by atoms with Crippen molar-refractivity contribution in [2.24, 2.45) is 0 Å². The van der Waals surface area contributed by atoms with E-state index in [1.807, 2.05) is 42.6 Å². The van der Waals surface area contributed by atoms with Crippen LogP contribution in [0, 0.1) is 6.57 Å². The van der Waals surface area contributed by atoms with E-state index in [0.717, 1.165) is 56.0 Å². The molecule has 0 aliphatic rings. The number of pyridine rings is 2. The largest absolute Gasteiger partial charge is 0.509 e. The van der Waals surface area contributed by atoms with Crippen molar-refractivity contribution in [2.75, 3.05) is 0 Å². The molecule has 0 aliphatic carbocycles. The average Bonchev–Trinajstić information content (AvgIpc) is 3.56. The zero-order valence-corrected chi connectivity index (χ0v) is 28.0. The molecule has 6 aromatic carbocycles. The van der Waals surface area contributed by atoms with E-state index in [4.69, 9.17) is 16.5 Å². The van der Waals surface area contributed by atoms with Crippen molar-refractivity contribution in [2.45, 2.75) is 0 Å². The fourth-order valence-corrected chi connectivity index (χ4v) is 7.11. The van der Waals surface area contributed by atoms with Crippen LogP contribution in [-0.4, -0.2) is 19.6 Å². The first-order chi connectivity index (χ1) is 25.6. The molecule has 9 rings (SSSR count). The molecule has 0 amide bonds. The van der Waals surface area contributed by atoms with E-state index in [0.29, 0.717) is 16.9 Å². The molecular formula is C47H30N4O. The summed E-state index contributed by atoms with van der Waals surface area (Å²) >= 11 is 0. The zero-order valence-electron chi connectivity index (χ0n) is 28.0. The Bertz CT molecular complexity index is 2820. The highest BCUT2D eigenvalue weighted by Crippen LogP contribution is 2.40. The molecule has 52 heavy (non-hydrogen) atoms. The third-order valence-electron chi connectivity index (χ3n) is 9.55. The second kappa shape index (κ2) is 12.9. The first kappa shape index (κ1) is 30.7. The van der Waals surface area contributed by atoms with E-state index in [2.05, 4.69) is 125 Å². The van der Waals surface area contributed by atoms with Gasteiger partial charge in [0.2, 0.25) is 0 Å². The smallest absolute Gasteiger partial charge is 0.190 e. The Balaban J connectivity index is 1.17. The number of fused-ring (bicyclic) bond motifs is 3. The molecule has 0 saturated heterocycles. The van der Waals surface area contributed by atoms with Gasteiger partial charge in [0.15, 0.2) is 5.69 Å². The Hall–Kier alpha value is -7.29. The predicted octanol–water partition coefficient (Wildman–Crippen LogP) is 12.2. The van der Waals surface area contributed by atoms with Gasteiger partial charge in [0.05, 0.1) is 34.7 Å². The maximum absolute atomic E-state index is 10.9. The third kappa shape index (κ3) is 5.45. The van der Waals surface area contributed by atoms with E-state index in [1.165, 1.54) is 22.4 Å². The van der Waals surface area contributed by atoms with Gasteiger partial charge < -0.3 is 9.67 Å². The molecule has 1 N–H and O–H groups in total. The molecule has 0 aliphatic heterocycles. The van der Waals surface area contributed by atoms with Gasteiger partial charge in [-0.25, -0.2) is 9.83 Å². The molecule has 0 spiro atoms. The van der Waals surface area contributed by atoms with E-state index in [9.17, 15) is 5.11 Å². The highest BCUT2D eigenvalue weighted by Gasteiger charge is 2.17. The second-order valence-corrected chi connectivity index (χ2v) is 12.7. The number of hydrogen-bond donors (Lipinski definition) is 1. The van der Waals surface area contributed by atoms with Crippen LogP contribution in [-0.2, 0) is 0 Å². The fraction of sp³-hybridized carbons (Fsp3) is 0. The lowest BCUT2D eigenvalue weighted by Crippen LogP contribution is -1.95. The quantitative estimate of drug-likeness (QED) is 0.180. The highest BCUT2D eigenvalue weighted by atomic mass is 16.3. The molecule has 3 aromatic heterocycles. The maximum Gasteiger partial charge on any atom is 0.190 e. The predicted molar refractivity (Wildman–Crippen MR) is 211 cm³/mol. The summed E-state index contributed by atoms with van der Waals surface area (Å²) in [6, 6.07) is 57.3. The van der Waals surface area contributed by atoms with Gasteiger partial charge in [0, 0.05) is 44.9 Å². The molecule has 0 saturated carbocycles. The molecule has 244 valence electrons.